The Kier molecular flexibility index (Phi) is 10.2. The number of halogens is 1. The summed E-state index contributed by atoms with van der Waals surface area (Å²) in [5, 5.41) is 0. The first-order valence-electron chi connectivity index (χ1n) is 13.7. The number of imidazole rings is 1. The van der Waals surface area contributed by atoms with Crippen LogP contribution in [0.25, 0.3) is 11.3 Å². The lowest BCUT2D eigenvalue weighted by Crippen LogP contribution is -2.40. The Labute approximate surface area is 251 Å². The maximum Gasteiger partial charge on any atom is 0.254 e. The van der Waals surface area contributed by atoms with Crippen LogP contribution in [0.3, 0.4) is 0 Å². The van der Waals surface area contributed by atoms with Crippen LogP contribution in [0, 0.1) is 12.8 Å². The van der Waals surface area contributed by atoms with Crippen molar-refractivity contribution in [3.8, 4) is 11.3 Å². The van der Waals surface area contributed by atoms with Crippen LogP contribution in [0.4, 0.5) is 0 Å². The third kappa shape index (κ3) is 8.38. The van der Waals surface area contributed by atoms with E-state index in [9.17, 15) is 13.2 Å². The molecule has 0 aliphatic carbocycles. The van der Waals surface area contributed by atoms with Crippen molar-refractivity contribution < 1.29 is 13.2 Å². The minimum absolute atomic E-state index is 0.0274. The molecule has 7 nitrogen and oxygen atoms in total. The van der Waals surface area contributed by atoms with Crippen molar-refractivity contribution in [3.05, 3.63) is 112 Å². The second kappa shape index (κ2) is 13.6. The van der Waals surface area contributed by atoms with E-state index in [0.717, 1.165) is 38.9 Å². The first kappa shape index (κ1) is 30.7. The quantitative estimate of drug-likeness (QED) is 0.181. The SMILES string of the molecule is Cc1ccc(C(=O)N(CCCNS(C)(=O)=O)C(c2nc(-c3cccc(Br)c3)cn2Cc2ccccc2)C(C)C)cc1. The third-order valence-corrected chi connectivity index (χ3v) is 8.08. The summed E-state index contributed by atoms with van der Waals surface area (Å²) in [6.45, 7) is 7.38. The van der Waals surface area contributed by atoms with Crippen LogP contribution in [-0.2, 0) is 16.6 Å². The van der Waals surface area contributed by atoms with Gasteiger partial charge in [0.25, 0.3) is 5.91 Å². The standard InChI is InChI=1S/C32H37BrN4O3S/c1-23(2)30(37(19-9-18-34-41(4,39)40)32(38)26-16-14-24(3)15-17-26)31-35-29(27-12-8-13-28(33)20-27)22-36(31)21-25-10-6-5-7-11-25/h5-8,10-17,20,22-23,30,34H,9,18-19,21H2,1-4H3. The lowest BCUT2D eigenvalue weighted by atomic mass is 9.99. The summed E-state index contributed by atoms with van der Waals surface area (Å²) in [4.78, 5) is 21.1. The van der Waals surface area contributed by atoms with Gasteiger partial charge in [-0.3, -0.25) is 4.79 Å². The first-order valence-corrected chi connectivity index (χ1v) is 16.4. The molecule has 216 valence electrons. The molecule has 41 heavy (non-hydrogen) atoms. The van der Waals surface area contributed by atoms with Crippen LogP contribution >= 0.6 is 15.9 Å². The highest BCUT2D eigenvalue weighted by molar-refractivity contribution is 9.10. The molecule has 1 amide bonds. The van der Waals surface area contributed by atoms with E-state index in [1.807, 2.05) is 78.6 Å². The van der Waals surface area contributed by atoms with Gasteiger partial charge in [-0.1, -0.05) is 89.9 Å². The zero-order valence-corrected chi connectivity index (χ0v) is 26.3. The molecule has 0 saturated carbocycles. The first-order chi connectivity index (χ1) is 19.5. The van der Waals surface area contributed by atoms with Gasteiger partial charge in [0.15, 0.2) is 0 Å². The number of sulfonamides is 1. The fourth-order valence-corrected chi connectivity index (χ4v) is 5.81. The Bertz CT molecular complexity index is 1570. The Morgan fingerprint density at radius 1 is 1.02 bits per heavy atom. The molecule has 1 heterocycles. The molecule has 0 aliphatic rings. The Morgan fingerprint density at radius 2 is 1.73 bits per heavy atom. The van der Waals surface area contributed by atoms with E-state index in [0.29, 0.717) is 25.1 Å². The number of carbonyl (C=O) groups is 1. The van der Waals surface area contributed by atoms with Gasteiger partial charge in [-0.2, -0.15) is 0 Å². The average Bonchev–Trinajstić information content (AvgIpc) is 3.33. The molecule has 1 atom stereocenters. The molecule has 0 spiro atoms. The van der Waals surface area contributed by atoms with Crippen LogP contribution in [0.15, 0.2) is 89.5 Å². The maximum atomic E-state index is 14.1. The summed E-state index contributed by atoms with van der Waals surface area (Å²) in [5.74, 6) is 0.705. The second-order valence-electron chi connectivity index (χ2n) is 10.7. The highest BCUT2D eigenvalue weighted by Crippen LogP contribution is 2.33. The molecule has 0 fully saturated rings. The zero-order valence-electron chi connectivity index (χ0n) is 23.9. The second-order valence-corrected chi connectivity index (χ2v) is 13.4. The van der Waals surface area contributed by atoms with E-state index < -0.39 is 10.0 Å². The molecular formula is C32H37BrN4O3S. The molecule has 3 aromatic carbocycles. The number of aryl methyl sites for hydroxylation is 1. The highest BCUT2D eigenvalue weighted by Gasteiger charge is 2.32. The molecule has 1 N–H and O–H groups in total. The van der Waals surface area contributed by atoms with E-state index in [2.05, 4.69) is 57.4 Å². The number of benzene rings is 3. The molecule has 0 aliphatic heterocycles. The number of rotatable bonds is 12. The summed E-state index contributed by atoms with van der Waals surface area (Å²) in [6.07, 6.45) is 3.66. The monoisotopic (exact) mass is 636 g/mol. The van der Waals surface area contributed by atoms with Gasteiger partial charge in [-0.25, -0.2) is 18.1 Å². The van der Waals surface area contributed by atoms with E-state index in [4.69, 9.17) is 4.98 Å². The Hall–Kier alpha value is -3.27. The number of hydrogen-bond acceptors (Lipinski definition) is 4. The van der Waals surface area contributed by atoms with Crippen LogP contribution in [-0.4, -0.2) is 48.1 Å². The lowest BCUT2D eigenvalue weighted by Gasteiger charge is -2.35. The number of hydrogen-bond donors (Lipinski definition) is 1. The molecule has 0 radical (unpaired) electrons. The predicted molar refractivity (Wildman–Crippen MR) is 168 cm³/mol. The van der Waals surface area contributed by atoms with Gasteiger partial charge in [0.1, 0.15) is 5.82 Å². The Morgan fingerprint density at radius 3 is 2.37 bits per heavy atom. The van der Waals surface area contributed by atoms with E-state index in [-0.39, 0.29) is 24.4 Å². The molecule has 1 unspecified atom stereocenters. The molecule has 0 bridgehead atoms. The van der Waals surface area contributed by atoms with Crippen molar-refractivity contribution in [2.24, 2.45) is 5.92 Å². The summed E-state index contributed by atoms with van der Waals surface area (Å²) in [5.41, 5.74) is 4.59. The minimum Gasteiger partial charge on any atom is -0.328 e. The van der Waals surface area contributed by atoms with Gasteiger partial charge in [-0.15, -0.1) is 0 Å². The molecule has 0 saturated heterocycles. The summed E-state index contributed by atoms with van der Waals surface area (Å²) < 4.78 is 29.1. The van der Waals surface area contributed by atoms with Gasteiger partial charge < -0.3 is 9.47 Å². The van der Waals surface area contributed by atoms with Crippen molar-refractivity contribution in [1.29, 1.82) is 0 Å². The third-order valence-electron chi connectivity index (χ3n) is 6.85. The summed E-state index contributed by atoms with van der Waals surface area (Å²) >= 11 is 3.58. The smallest absolute Gasteiger partial charge is 0.254 e. The topological polar surface area (TPSA) is 84.3 Å². The minimum atomic E-state index is -3.33. The fourth-order valence-electron chi connectivity index (χ4n) is 4.89. The lowest BCUT2D eigenvalue weighted by molar-refractivity contribution is 0.0604. The van der Waals surface area contributed by atoms with E-state index in [1.54, 1.807) is 0 Å². The molecule has 4 rings (SSSR count). The van der Waals surface area contributed by atoms with Crippen molar-refractivity contribution >= 4 is 31.9 Å². The van der Waals surface area contributed by atoms with E-state index in [1.165, 1.54) is 0 Å². The Balaban J connectivity index is 1.79. The van der Waals surface area contributed by atoms with Gasteiger partial charge in [0, 0.05) is 41.4 Å². The van der Waals surface area contributed by atoms with Gasteiger partial charge in [0.2, 0.25) is 10.0 Å². The van der Waals surface area contributed by atoms with Crippen molar-refractivity contribution in [3.63, 3.8) is 0 Å². The molecule has 9 heteroatoms. The van der Waals surface area contributed by atoms with Crippen molar-refractivity contribution in [2.45, 2.75) is 39.8 Å². The number of nitrogens with zero attached hydrogens (tertiary/aromatic N) is 3. The zero-order chi connectivity index (χ0) is 29.6. The molecule has 4 aromatic rings. The number of amides is 1. The normalized spacial score (nSPS) is 12.4. The molecular weight excluding hydrogens is 600 g/mol. The van der Waals surface area contributed by atoms with Crippen LogP contribution in [0.1, 0.15) is 53.6 Å². The maximum absolute atomic E-state index is 14.1. The fraction of sp³-hybridized carbons (Fsp3) is 0.312. The van der Waals surface area contributed by atoms with Crippen LogP contribution in [0.2, 0.25) is 0 Å². The summed E-state index contributed by atoms with van der Waals surface area (Å²) in [7, 11) is -3.33. The number of aromatic nitrogens is 2. The van der Waals surface area contributed by atoms with Gasteiger partial charge in [-0.05, 0) is 49.1 Å². The average molecular weight is 638 g/mol. The van der Waals surface area contributed by atoms with Gasteiger partial charge in [0.05, 0.1) is 18.0 Å². The highest BCUT2D eigenvalue weighted by atomic mass is 79.9. The van der Waals surface area contributed by atoms with E-state index >= 15 is 0 Å². The van der Waals surface area contributed by atoms with Crippen LogP contribution in [0.5, 0.6) is 0 Å². The number of nitrogens with one attached hydrogen (secondary N) is 1. The number of carbonyl (C=O) groups excluding carboxylic acids is 1. The van der Waals surface area contributed by atoms with Gasteiger partial charge >= 0.3 is 0 Å². The van der Waals surface area contributed by atoms with Crippen LogP contribution < -0.4 is 4.72 Å². The molecule has 1 aromatic heterocycles. The van der Waals surface area contributed by atoms with Crippen molar-refractivity contribution in [1.82, 2.24) is 19.2 Å². The summed E-state index contributed by atoms with van der Waals surface area (Å²) in [6, 6.07) is 25.4. The predicted octanol–water partition coefficient (Wildman–Crippen LogP) is 6.45. The largest absolute Gasteiger partial charge is 0.328 e. The van der Waals surface area contributed by atoms with Crippen molar-refractivity contribution in [2.75, 3.05) is 19.3 Å².